The molecule has 2 N–H and O–H groups in total. The van der Waals surface area contributed by atoms with Crippen molar-refractivity contribution in [3.8, 4) is 0 Å². The molecule has 1 aromatic rings. The van der Waals surface area contributed by atoms with Crippen LogP contribution in [0.25, 0.3) is 0 Å². The van der Waals surface area contributed by atoms with Gasteiger partial charge in [0.05, 0.1) is 18.5 Å². The maximum absolute atomic E-state index is 4.95. The Morgan fingerprint density at radius 1 is 1.38 bits per heavy atom. The summed E-state index contributed by atoms with van der Waals surface area (Å²) in [6.45, 7) is 6.36. The van der Waals surface area contributed by atoms with Crippen LogP contribution >= 0.6 is 0 Å². The highest BCUT2D eigenvalue weighted by Gasteiger charge is 1.99. The fraction of sp³-hybridized carbons (Fsp3) is 0.636. The minimum atomic E-state index is 0.451. The molecule has 1 rings (SSSR count). The van der Waals surface area contributed by atoms with Crippen molar-refractivity contribution in [1.82, 2.24) is 15.3 Å². The van der Waals surface area contributed by atoms with Crippen molar-refractivity contribution >= 4 is 5.82 Å². The minimum Gasteiger partial charge on any atom is -0.383 e. The van der Waals surface area contributed by atoms with Crippen molar-refractivity contribution in [2.24, 2.45) is 0 Å². The van der Waals surface area contributed by atoms with Gasteiger partial charge in [-0.3, -0.25) is 4.98 Å². The Kier molecular flexibility index (Phi) is 5.74. The third kappa shape index (κ3) is 5.04. The summed E-state index contributed by atoms with van der Waals surface area (Å²) < 4.78 is 4.95. The molecule has 0 aliphatic heterocycles. The highest BCUT2D eigenvalue weighted by atomic mass is 16.5. The molecule has 90 valence electrons. The summed E-state index contributed by atoms with van der Waals surface area (Å²) in [6, 6.07) is 0.451. The Morgan fingerprint density at radius 3 is 2.88 bits per heavy atom. The van der Waals surface area contributed by atoms with Crippen LogP contribution in [0.15, 0.2) is 12.4 Å². The number of nitrogens with one attached hydrogen (secondary N) is 2. The van der Waals surface area contributed by atoms with Gasteiger partial charge in [-0.1, -0.05) is 13.8 Å². The molecule has 5 nitrogen and oxygen atoms in total. The van der Waals surface area contributed by atoms with E-state index < -0.39 is 0 Å². The highest BCUT2D eigenvalue weighted by Crippen LogP contribution is 2.01. The monoisotopic (exact) mass is 224 g/mol. The lowest BCUT2D eigenvalue weighted by Crippen LogP contribution is -2.22. The van der Waals surface area contributed by atoms with Crippen LogP contribution in [0.2, 0.25) is 0 Å². The zero-order chi connectivity index (χ0) is 11.8. The molecule has 0 saturated heterocycles. The van der Waals surface area contributed by atoms with Gasteiger partial charge in [-0.25, -0.2) is 4.98 Å². The number of methoxy groups -OCH3 is 1. The normalized spacial score (nSPS) is 10.8. The molecule has 0 saturated carbocycles. The first-order chi connectivity index (χ1) is 7.72. The molecule has 0 spiro atoms. The first-order valence-electron chi connectivity index (χ1n) is 5.49. The number of nitrogens with zero attached hydrogens (tertiary/aromatic N) is 2. The average molecular weight is 224 g/mol. The molecule has 0 aliphatic rings. The molecule has 0 bridgehead atoms. The smallest absolute Gasteiger partial charge is 0.144 e. The van der Waals surface area contributed by atoms with Gasteiger partial charge in [0.2, 0.25) is 0 Å². The second kappa shape index (κ2) is 7.14. The summed E-state index contributed by atoms with van der Waals surface area (Å²) in [6.07, 6.45) is 3.49. The number of ether oxygens (including phenoxy) is 1. The maximum Gasteiger partial charge on any atom is 0.144 e. The maximum atomic E-state index is 4.95. The molecule has 1 aromatic heterocycles. The molecule has 0 aliphatic carbocycles. The van der Waals surface area contributed by atoms with Crippen LogP contribution < -0.4 is 10.6 Å². The van der Waals surface area contributed by atoms with Crippen LogP contribution in [0.3, 0.4) is 0 Å². The Balaban J connectivity index is 2.43. The van der Waals surface area contributed by atoms with Crippen molar-refractivity contribution in [3.05, 3.63) is 18.1 Å². The lowest BCUT2D eigenvalue weighted by Gasteiger charge is -2.09. The van der Waals surface area contributed by atoms with E-state index in [1.54, 1.807) is 19.5 Å². The lowest BCUT2D eigenvalue weighted by molar-refractivity contribution is 0.210. The first kappa shape index (κ1) is 12.9. The van der Waals surface area contributed by atoms with Crippen LogP contribution in [0.4, 0.5) is 5.82 Å². The van der Waals surface area contributed by atoms with Gasteiger partial charge in [-0.2, -0.15) is 0 Å². The van der Waals surface area contributed by atoms with E-state index in [1.807, 2.05) is 0 Å². The van der Waals surface area contributed by atoms with Crippen LogP contribution in [0.5, 0.6) is 0 Å². The number of rotatable bonds is 7. The number of hydrogen-bond acceptors (Lipinski definition) is 5. The largest absolute Gasteiger partial charge is 0.383 e. The second-order valence-corrected chi connectivity index (χ2v) is 3.85. The van der Waals surface area contributed by atoms with Gasteiger partial charge in [0.15, 0.2) is 0 Å². The van der Waals surface area contributed by atoms with Crippen LogP contribution in [-0.2, 0) is 11.3 Å². The summed E-state index contributed by atoms with van der Waals surface area (Å²) in [5, 5.41) is 6.45. The average Bonchev–Trinajstić information content (AvgIpc) is 2.27. The van der Waals surface area contributed by atoms with E-state index in [4.69, 9.17) is 4.74 Å². The summed E-state index contributed by atoms with van der Waals surface area (Å²) in [5.41, 5.74) is 0.941. The van der Waals surface area contributed by atoms with Crippen LogP contribution in [-0.4, -0.2) is 36.3 Å². The molecule has 16 heavy (non-hydrogen) atoms. The van der Waals surface area contributed by atoms with Gasteiger partial charge in [0.1, 0.15) is 5.82 Å². The van der Waals surface area contributed by atoms with Crippen molar-refractivity contribution in [2.75, 3.05) is 25.6 Å². The van der Waals surface area contributed by atoms with Crippen molar-refractivity contribution < 1.29 is 4.74 Å². The lowest BCUT2D eigenvalue weighted by atomic mass is 10.3. The Bertz CT molecular complexity index is 304. The molecule has 0 unspecified atom stereocenters. The predicted molar refractivity (Wildman–Crippen MR) is 64.4 cm³/mol. The Labute approximate surface area is 96.6 Å². The molecule has 0 amide bonds. The quantitative estimate of drug-likeness (QED) is 0.677. The Morgan fingerprint density at radius 2 is 2.19 bits per heavy atom. The molecular formula is C11H20N4O. The standard InChI is InChI=1S/C11H20N4O/c1-9(2)14-7-10-6-12-8-11(15-10)13-4-5-16-3/h6,8-9,14H,4-5,7H2,1-3H3,(H,13,15). The van der Waals surface area contributed by atoms with Crippen LogP contribution in [0, 0.1) is 0 Å². The first-order valence-corrected chi connectivity index (χ1v) is 5.49. The van der Waals surface area contributed by atoms with E-state index in [1.165, 1.54) is 0 Å². The zero-order valence-corrected chi connectivity index (χ0v) is 10.2. The van der Waals surface area contributed by atoms with Gasteiger partial charge in [-0.15, -0.1) is 0 Å². The summed E-state index contributed by atoms with van der Waals surface area (Å²) in [5.74, 6) is 0.792. The van der Waals surface area contributed by atoms with Gasteiger partial charge >= 0.3 is 0 Å². The van der Waals surface area contributed by atoms with E-state index in [0.29, 0.717) is 12.6 Å². The fourth-order valence-electron chi connectivity index (χ4n) is 1.17. The topological polar surface area (TPSA) is 59.1 Å². The third-order valence-corrected chi connectivity index (χ3v) is 1.99. The van der Waals surface area contributed by atoms with E-state index in [2.05, 4.69) is 34.4 Å². The summed E-state index contributed by atoms with van der Waals surface area (Å²) >= 11 is 0. The second-order valence-electron chi connectivity index (χ2n) is 3.85. The number of aromatic nitrogens is 2. The van der Waals surface area contributed by atoms with Gasteiger partial charge in [0, 0.05) is 32.4 Å². The molecular weight excluding hydrogens is 204 g/mol. The number of hydrogen-bond donors (Lipinski definition) is 2. The molecule has 1 heterocycles. The van der Waals surface area contributed by atoms with Crippen LogP contribution in [0.1, 0.15) is 19.5 Å². The molecule has 0 atom stereocenters. The van der Waals surface area contributed by atoms with E-state index in [-0.39, 0.29) is 0 Å². The summed E-state index contributed by atoms with van der Waals surface area (Å²) in [7, 11) is 1.68. The predicted octanol–water partition coefficient (Wildman–Crippen LogP) is 1.03. The van der Waals surface area contributed by atoms with Crippen molar-refractivity contribution in [1.29, 1.82) is 0 Å². The molecule has 0 radical (unpaired) electrons. The van der Waals surface area contributed by atoms with E-state index in [9.17, 15) is 0 Å². The SMILES string of the molecule is COCCNc1cncc(CNC(C)C)n1. The number of anilines is 1. The van der Waals surface area contributed by atoms with Crippen molar-refractivity contribution in [3.63, 3.8) is 0 Å². The fourth-order valence-corrected chi connectivity index (χ4v) is 1.17. The van der Waals surface area contributed by atoms with E-state index in [0.717, 1.165) is 24.6 Å². The van der Waals surface area contributed by atoms with Crippen molar-refractivity contribution in [2.45, 2.75) is 26.4 Å². The molecule has 0 fully saturated rings. The van der Waals surface area contributed by atoms with Gasteiger partial charge in [0.25, 0.3) is 0 Å². The highest BCUT2D eigenvalue weighted by molar-refractivity contribution is 5.31. The Hall–Kier alpha value is -1.20. The molecule has 0 aromatic carbocycles. The van der Waals surface area contributed by atoms with Gasteiger partial charge < -0.3 is 15.4 Å². The minimum absolute atomic E-state index is 0.451. The molecule has 5 heteroatoms. The van der Waals surface area contributed by atoms with E-state index >= 15 is 0 Å². The zero-order valence-electron chi connectivity index (χ0n) is 10.2. The third-order valence-electron chi connectivity index (χ3n) is 1.99. The van der Waals surface area contributed by atoms with Gasteiger partial charge in [-0.05, 0) is 0 Å². The summed E-state index contributed by atoms with van der Waals surface area (Å²) in [4.78, 5) is 8.56.